The average Bonchev–Trinajstić information content (AvgIpc) is 2.91. The number of likely N-dealkylation sites (N-methyl/N-ethyl adjacent to an activating group) is 1. The van der Waals surface area contributed by atoms with Crippen LogP contribution in [-0.4, -0.2) is 37.1 Å². The van der Waals surface area contributed by atoms with Gasteiger partial charge in [0.2, 0.25) is 0 Å². The fourth-order valence-electron chi connectivity index (χ4n) is 2.13. The predicted octanol–water partition coefficient (Wildman–Crippen LogP) is 1.08. The lowest BCUT2D eigenvalue weighted by Crippen LogP contribution is -2.39. The molecule has 1 aliphatic carbocycles. The molecule has 1 atom stereocenters. The molecule has 0 spiro atoms. The number of hydrogen-bond acceptors (Lipinski definition) is 2. The topological polar surface area (TPSA) is 15.3 Å². The third-order valence-electron chi connectivity index (χ3n) is 3.15. The van der Waals surface area contributed by atoms with Gasteiger partial charge in [0.1, 0.15) is 0 Å². The Balaban J connectivity index is 1.86. The van der Waals surface area contributed by atoms with Crippen LogP contribution in [0.4, 0.5) is 0 Å². The van der Waals surface area contributed by atoms with Gasteiger partial charge in [-0.25, -0.2) is 0 Å². The third kappa shape index (κ3) is 1.99. The van der Waals surface area contributed by atoms with Gasteiger partial charge >= 0.3 is 0 Å². The number of nitrogens with zero attached hydrogens (tertiary/aromatic N) is 1. The van der Waals surface area contributed by atoms with Crippen LogP contribution in [-0.2, 0) is 0 Å². The van der Waals surface area contributed by atoms with Crippen LogP contribution < -0.4 is 5.32 Å². The van der Waals surface area contributed by atoms with Crippen molar-refractivity contribution in [1.82, 2.24) is 10.2 Å². The van der Waals surface area contributed by atoms with Crippen LogP contribution in [0.1, 0.15) is 26.2 Å². The van der Waals surface area contributed by atoms with Crippen LogP contribution in [0.3, 0.4) is 0 Å². The van der Waals surface area contributed by atoms with Crippen LogP contribution >= 0.6 is 0 Å². The molecule has 12 heavy (non-hydrogen) atoms. The Bertz CT molecular complexity index is 143. The molecule has 1 N–H and O–H groups in total. The van der Waals surface area contributed by atoms with Crippen LogP contribution in [0.5, 0.6) is 0 Å². The first-order chi connectivity index (χ1) is 5.90. The van der Waals surface area contributed by atoms with E-state index in [4.69, 9.17) is 0 Å². The van der Waals surface area contributed by atoms with Crippen molar-refractivity contribution in [2.75, 3.05) is 26.2 Å². The second-order valence-electron chi connectivity index (χ2n) is 4.14. The van der Waals surface area contributed by atoms with Gasteiger partial charge in [-0.05, 0) is 44.8 Å². The molecular weight excluding hydrogens is 148 g/mol. The summed E-state index contributed by atoms with van der Waals surface area (Å²) in [5, 5.41) is 3.67. The van der Waals surface area contributed by atoms with Gasteiger partial charge in [-0.15, -0.1) is 0 Å². The van der Waals surface area contributed by atoms with E-state index in [2.05, 4.69) is 17.1 Å². The van der Waals surface area contributed by atoms with Crippen LogP contribution in [0.15, 0.2) is 0 Å². The molecule has 1 saturated heterocycles. The summed E-state index contributed by atoms with van der Waals surface area (Å²) in [5.74, 6) is 1.01. The second kappa shape index (κ2) is 3.75. The maximum Gasteiger partial charge on any atom is 0.0223 e. The van der Waals surface area contributed by atoms with E-state index in [-0.39, 0.29) is 0 Å². The first-order valence-corrected chi connectivity index (χ1v) is 5.36. The first-order valence-electron chi connectivity index (χ1n) is 5.36. The van der Waals surface area contributed by atoms with Crippen LogP contribution in [0, 0.1) is 5.92 Å². The summed E-state index contributed by atoms with van der Waals surface area (Å²) in [6, 6.07) is 0.812. The second-order valence-corrected chi connectivity index (χ2v) is 4.14. The minimum Gasteiger partial charge on any atom is -0.312 e. The lowest BCUT2D eigenvalue weighted by molar-refractivity contribution is 0.271. The van der Waals surface area contributed by atoms with Gasteiger partial charge in [0.05, 0.1) is 0 Å². The van der Waals surface area contributed by atoms with E-state index >= 15 is 0 Å². The van der Waals surface area contributed by atoms with Crippen LogP contribution in [0.2, 0.25) is 0 Å². The summed E-state index contributed by atoms with van der Waals surface area (Å²) < 4.78 is 0. The van der Waals surface area contributed by atoms with Crippen molar-refractivity contribution < 1.29 is 0 Å². The minimum atomic E-state index is 0.812. The van der Waals surface area contributed by atoms with Gasteiger partial charge in [0.15, 0.2) is 0 Å². The molecule has 0 aromatic rings. The summed E-state index contributed by atoms with van der Waals surface area (Å²) in [5.41, 5.74) is 0. The van der Waals surface area contributed by atoms with Gasteiger partial charge in [-0.2, -0.15) is 0 Å². The average molecular weight is 168 g/mol. The van der Waals surface area contributed by atoms with Crippen molar-refractivity contribution in [2.45, 2.75) is 32.2 Å². The molecule has 1 heterocycles. The van der Waals surface area contributed by atoms with Crippen molar-refractivity contribution in [3.8, 4) is 0 Å². The van der Waals surface area contributed by atoms with Gasteiger partial charge < -0.3 is 10.2 Å². The van der Waals surface area contributed by atoms with Crippen molar-refractivity contribution >= 4 is 0 Å². The summed E-state index contributed by atoms with van der Waals surface area (Å²) in [7, 11) is 0. The maximum atomic E-state index is 3.67. The molecule has 2 nitrogen and oxygen atoms in total. The van der Waals surface area contributed by atoms with Gasteiger partial charge in [-0.3, -0.25) is 0 Å². The van der Waals surface area contributed by atoms with Crippen molar-refractivity contribution in [3.63, 3.8) is 0 Å². The molecule has 0 aromatic carbocycles. The standard InChI is InChI=1S/C10H20N2/c1-2-12-7-3-6-11-10(8-12)9-4-5-9/h9-11H,2-8H2,1H3. The summed E-state index contributed by atoms with van der Waals surface area (Å²) >= 11 is 0. The molecule has 0 radical (unpaired) electrons. The molecule has 70 valence electrons. The molecule has 0 amide bonds. The molecule has 0 bridgehead atoms. The highest BCUT2D eigenvalue weighted by Crippen LogP contribution is 2.33. The van der Waals surface area contributed by atoms with E-state index in [1.807, 2.05) is 0 Å². The molecule has 2 fully saturated rings. The van der Waals surface area contributed by atoms with E-state index < -0.39 is 0 Å². The number of rotatable bonds is 2. The highest BCUT2D eigenvalue weighted by Gasteiger charge is 2.32. The molecule has 2 rings (SSSR count). The molecule has 0 aromatic heterocycles. The van der Waals surface area contributed by atoms with E-state index in [1.165, 1.54) is 45.4 Å². The fourth-order valence-corrected chi connectivity index (χ4v) is 2.13. The Hall–Kier alpha value is -0.0800. The summed E-state index contributed by atoms with van der Waals surface area (Å²) in [6.45, 7) is 7.33. The van der Waals surface area contributed by atoms with E-state index in [1.54, 1.807) is 0 Å². The lowest BCUT2D eigenvalue weighted by Gasteiger charge is -2.22. The Labute approximate surface area is 75.3 Å². The normalized spacial score (nSPS) is 33.2. The third-order valence-corrected chi connectivity index (χ3v) is 3.15. The molecular formula is C10H20N2. The van der Waals surface area contributed by atoms with Crippen molar-refractivity contribution in [1.29, 1.82) is 0 Å². The zero-order chi connectivity index (χ0) is 8.39. The molecule has 1 saturated carbocycles. The predicted molar refractivity (Wildman–Crippen MR) is 51.2 cm³/mol. The van der Waals surface area contributed by atoms with Gasteiger partial charge in [0.25, 0.3) is 0 Å². The number of hydrogen-bond donors (Lipinski definition) is 1. The molecule has 1 aliphatic heterocycles. The molecule has 2 aliphatic rings. The Kier molecular flexibility index (Phi) is 2.66. The quantitative estimate of drug-likeness (QED) is 0.664. The monoisotopic (exact) mass is 168 g/mol. The highest BCUT2D eigenvalue weighted by molar-refractivity contribution is 4.89. The van der Waals surface area contributed by atoms with Gasteiger partial charge in [-0.1, -0.05) is 6.92 Å². The zero-order valence-electron chi connectivity index (χ0n) is 8.05. The van der Waals surface area contributed by atoms with Crippen molar-refractivity contribution in [3.05, 3.63) is 0 Å². The molecule has 1 unspecified atom stereocenters. The van der Waals surface area contributed by atoms with Crippen molar-refractivity contribution in [2.24, 2.45) is 5.92 Å². The van der Waals surface area contributed by atoms with Crippen LogP contribution in [0.25, 0.3) is 0 Å². The maximum absolute atomic E-state index is 3.67. The minimum absolute atomic E-state index is 0.812. The number of nitrogens with one attached hydrogen (secondary N) is 1. The lowest BCUT2D eigenvalue weighted by atomic mass is 10.2. The SMILES string of the molecule is CCN1CCCNC(C2CC2)C1. The highest BCUT2D eigenvalue weighted by atomic mass is 15.2. The smallest absolute Gasteiger partial charge is 0.0223 e. The summed E-state index contributed by atoms with van der Waals surface area (Å²) in [4.78, 5) is 2.59. The Morgan fingerprint density at radius 3 is 2.92 bits per heavy atom. The largest absolute Gasteiger partial charge is 0.312 e. The fraction of sp³-hybridized carbons (Fsp3) is 1.00. The van der Waals surface area contributed by atoms with E-state index in [0.717, 1.165) is 12.0 Å². The van der Waals surface area contributed by atoms with E-state index in [9.17, 15) is 0 Å². The Morgan fingerprint density at radius 2 is 2.25 bits per heavy atom. The Morgan fingerprint density at radius 1 is 1.42 bits per heavy atom. The molecule has 2 heteroatoms. The first kappa shape index (κ1) is 8.52. The van der Waals surface area contributed by atoms with Gasteiger partial charge in [0, 0.05) is 12.6 Å². The summed E-state index contributed by atoms with van der Waals surface area (Å²) in [6.07, 6.45) is 4.27. The zero-order valence-corrected chi connectivity index (χ0v) is 8.05. The van der Waals surface area contributed by atoms with E-state index in [0.29, 0.717) is 0 Å².